The Morgan fingerprint density at radius 2 is 1.64 bits per heavy atom. The fourth-order valence-electron chi connectivity index (χ4n) is 4.29. The van der Waals surface area contributed by atoms with Gasteiger partial charge in [-0.3, -0.25) is 4.79 Å². The predicted molar refractivity (Wildman–Crippen MR) is 136 cm³/mol. The maximum atomic E-state index is 14.3. The van der Waals surface area contributed by atoms with Gasteiger partial charge in [0, 0.05) is 28.0 Å². The first-order valence-corrected chi connectivity index (χ1v) is 11.1. The molecule has 0 spiro atoms. The van der Waals surface area contributed by atoms with Crippen LogP contribution in [0.4, 0.5) is 20.2 Å². The van der Waals surface area contributed by atoms with E-state index in [9.17, 15) is 13.6 Å². The molecule has 1 amide bonds. The molecular formula is C28H18F2N4O2. The maximum absolute atomic E-state index is 14.3. The number of amides is 1. The van der Waals surface area contributed by atoms with Gasteiger partial charge in [0.1, 0.15) is 11.6 Å². The Balaban J connectivity index is 1.51. The van der Waals surface area contributed by atoms with Crippen LogP contribution in [0.15, 0.2) is 84.9 Å². The number of nitrogens with one attached hydrogen (secondary N) is 2. The Bertz CT molecular complexity index is 1810. The topological polar surface area (TPSA) is 93.0 Å². The van der Waals surface area contributed by atoms with Crippen LogP contribution >= 0.6 is 0 Å². The highest BCUT2D eigenvalue weighted by molar-refractivity contribution is 6.18. The average molecular weight is 480 g/mol. The normalized spacial score (nSPS) is 11.3. The van der Waals surface area contributed by atoms with Crippen molar-refractivity contribution in [2.45, 2.75) is 0 Å². The molecule has 0 saturated carbocycles. The molecule has 0 aliphatic heterocycles. The van der Waals surface area contributed by atoms with Crippen LogP contribution in [0.1, 0.15) is 10.4 Å². The number of fused-ring (bicyclic) bond motifs is 5. The van der Waals surface area contributed by atoms with Crippen LogP contribution in [0.5, 0.6) is 11.6 Å². The Kier molecular flexibility index (Phi) is 5.00. The van der Waals surface area contributed by atoms with Crippen molar-refractivity contribution in [2.24, 2.45) is 0 Å². The third-order valence-corrected chi connectivity index (χ3v) is 5.97. The second-order valence-corrected chi connectivity index (χ2v) is 8.28. The number of hydrogen-bond acceptors (Lipinski definition) is 4. The van der Waals surface area contributed by atoms with Crippen LogP contribution in [0.2, 0.25) is 0 Å². The van der Waals surface area contributed by atoms with Gasteiger partial charge in [-0.1, -0.05) is 30.3 Å². The summed E-state index contributed by atoms with van der Waals surface area (Å²) in [5.41, 5.74) is 8.76. The van der Waals surface area contributed by atoms with Gasteiger partial charge in [-0.15, -0.1) is 0 Å². The minimum Gasteiger partial charge on any atom is -0.436 e. The molecule has 0 aliphatic carbocycles. The number of hydrogen-bond donors (Lipinski definition) is 3. The number of nitrogens with two attached hydrogens (primary N) is 1. The van der Waals surface area contributed by atoms with Gasteiger partial charge in [0.2, 0.25) is 5.88 Å². The smallest absolute Gasteiger partial charge is 0.257 e. The van der Waals surface area contributed by atoms with Crippen molar-refractivity contribution in [3.63, 3.8) is 0 Å². The molecule has 6 nitrogen and oxygen atoms in total. The van der Waals surface area contributed by atoms with E-state index in [2.05, 4.69) is 15.3 Å². The zero-order valence-corrected chi connectivity index (χ0v) is 18.7. The first kappa shape index (κ1) is 21.5. The highest BCUT2D eigenvalue weighted by Crippen LogP contribution is 2.40. The number of carbonyl (C=O) groups excluding carboxylic acids is 1. The van der Waals surface area contributed by atoms with Crippen LogP contribution in [0.25, 0.3) is 32.7 Å². The standard InChI is InChI=1S/C28H18F2N4O2/c29-15-9-11-22-19(13-15)25-26(32-22)18-6-2-4-8-21(18)34-28(25)36-24-14-16(30)10-12-23(24)33-27(35)17-5-1-3-7-20(17)31/h1-14,32H,31H2,(H,33,35). The number of benzene rings is 4. The minimum absolute atomic E-state index is 0.0349. The molecule has 176 valence electrons. The summed E-state index contributed by atoms with van der Waals surface area (Å²) >= 11 is 0. The van der Waals surface area contributed by atoms with Crippen molar-refractivity contribution in [1.82, 2.24) is 9.97 Å². The monoisotopic (exact) mass is 480 g/mol. The highest BCUT2D eigenvalue weighted by Gasteiger charge is 2.19. The van der Waals surface area contributed by atoms with Crippen LogP contribution < -0.4 is 15.8 Å². The van der Waals surface area contributed by atoms with Gasteiger partial charge in [0.25, 0.3) is 5.91 Å². The van der Waals surface area contributed by atoms with Gasteiger partial charge < -0.3 is 20.8 Å². The second kappa shape index (κ2) is 8.35. The molecular weight excluding hydrogens is 462 g/mol. The summed E-state index contributed by atoms with van der Waals surface area (Å²) in [4.78, 5) is 20.8. The number of ether oxygens (including phenoxy) is 1. The zero-order valence-electron chi connectivity index (χ0n) is 18.7. The molecule has 8 heteroatoms. The predicted octanol–water partition coefficient (Wildman–Crippen LogP) is 6.77. The number of rotatable bonds is 4. The van der Waals surface area contributed by atoms with E-state index in [0.717, 1.165) is 11.5 Å². The molecule has 6 rings (SSSR count). The molecule has 0 saturated heterocycles. The van der Waals surface area contributed by atoms with Crippen molar-refractivity contribution in [1.29, 1.82) is 0 Å². The zero-order chi connectivity index (χ0) is 24.8. The number of nitrogens with zero attached hydrogens (tertiary/aromatic N) is 1. The minimum atomic E-state index is -0.566. The summed E-state index contributed by atoms with van der Waals surface area (Å²) < 4.78 is 34.6. The number of pyridine rings is 1. The van der Waals surface area contributed by atoms with Crippen LogP contribution in [0, 0.1) is 11.6 Å². The van der Waals surface area contributed by atoms with E-state index < -0.39 is 17.5 Å². The lowest BCUT2D eigenvalue weighted by Crippen LogP contribution is -2.14. The third kappa shape index (κ3) is 3.65. The van der Waals surface area contributed by atoms with Crippen molar-refractivity contribution >= 4 is 50.0 Å². The van der Waals surface area contributed by atoms with Crippen LogP contribution in [-0.2, 0) is 0 Å². The molecule has 0 aliphatic rings. The quantitative estimate of drug-likeness (QED) is 0.243. The Morgan fingerprint density at radius 1 is 0.889 bits per heavy atom. The number of H-pyrrole nitrogens is 1. The summed E-state index contributed by atoms with van der Waals surface area (Å²) in [7, 11) is 0. The Hall–Kier alpha value is -4.98. The number of aromatic amines is 1. The lowest BCUT2D eigenvalue weighted by molar-refractivity contribution is 0.102. The summed E-state index contributed by atoms with van der Waals surface area (Å²) in [5.74, 6) is -1.28. The molecule has 2 heterocycles. The van der Waals surface area contributed by atoms with E-state index in [0.29, 0.717) is 33.0 Å². The molecule has 0 atom stereocenters. The molecule has 4 N–H and O–H groups in total. The first-order valence-electron chi connectivity index (χ1n) is 11.1. The van der Waals surface area contributed by atoms with E-state index in [-0.39, 0.29) is 22.9 Å². The van der Waals surface area contributed by atoms with Crippen molar-refractivity contribution in [3.05, 3.63) is 102 Å². The third-order valence-electron chi connectivity index (χ3n) is 5.97. The molecule has 0 unspecified atom stereocenters. The lowest BCUT2D eigenvalue weighted by Gasteiger charge is -2.14. The number of aromatic nitrogens is 2. The Morgan fingerprint density at radius 3 is 2.50 bits per heavy atom. The number of carbonyl (C=O) groups is 1. The summed E-state index contributed by atoms with van der Waals surface area (Å²) in [5, 5.41) is 4.66. The molecule has 0 radical (unpaired) electrons. The fourth-order valence-corrected chi connectivity index (χ4v) is 4.29. The molecule has 0 bridgehead atoms. The first-order chi connectivity index (χ1) is 17.5. The number of nitrogen functional groups attached to an aromatic ring is 1. The molecule has 0 fully saturated rings. The lowest BCUT2D eigenvalue weighted by atomic mass is 10.1. The van der Waals surface area contributed by atoms with Gasteiger partial charge in [-0.25, -0.2) is 13.8 Å². The number of anilines is 2. The molecule has 2 aromatic heterocycles. The van der Waals surface area contributed by atoms with E-state index in [1.165, 1.54) is 24.3 Å². The SMILES string of the molecule is Nc1ccccc1C(=O)Nc1ccc(F)cc1Oc1nc2ccccc2c2[nH]c3ccc(F)cc3c12. The van der Waals surface area contributed by atoms with Gasteiger partial charge in [0.05, 0.1) is 27.7 Å². The molecule has 6 aromatic rings. The molecule has 4 aromatic carbocycles. The van der Waals surface area contributed by atoms with Gasteiger partial charge >= 0.3 is 0 Å². The van der Waals surface area contributed by atoms with Crippen LogP contribution in [0.3, 0.4) is 0 Å². The van der Waals surface area contributed by atoms with E-state index in [1.807, 2.05) is 24.3 Å². The highest BCUT2D eigenvalue weighted by atomic mass is 19.1. The van der Waals surface area contributed by atoms with Gasteiger partial charge in [0.15, 0.2) is 5.75 Å². The Labute approximate surface area is 203 Å². The second-order valence-electron chi connectivity index (χ2n) is 8.28. The van der Waals surface area contributed by atoms with E-state index in [4.69, 9.17) is 10.5 Å². The largest absolute Gasteiger partial charge is 0.436 e. The summed E-state index contributed by atoms with van der Waals surface area (Å²) in [6.45, 7) is 0. The molecule has 36 heavy (non-hydrogen) atoms. The van der Waals surface area contributed by atoms with E-state index >= 15 is 0 Å². The number of halogens is 2. The van der Waals surface area contributed by atoms with Gasteiger partial charge in [-0.05, 0) is 48.5 Å². The number of para-hydroxylation sites is 2. The average Bonchev–Trinajstić information content (AvgIpc) is 3.25. The summed E-state index contributed by atoms with van der Waals surface area (Å²) in [6.07, 6.45) is 0. The fraction of sp³-hybridized carbons (Fsp3) is 0. The van der Waals surface area contributed by atoms with Crippen molar-refractivity contribution in [3.8, 4) is 11.6 Å². The summed E-state index contributed by atoms with van der Waals surface area (Å²) in [6, 6.07) is 22.2. The van der Waals surface area contributed by atoms with Crippen LogP contribution in [-0.4, -0.2) is 15.9 Å². The van der Waals surface area contributed by atoms with Gasteiger partial charge in [-0.2, -0.15) is 0 Å². The van der Waals surface area contributed by atoms with E-state index in [1.54, 1.807) is 30.3 Å². The maximum Gasteiger partial charge on any atom is 0.257 e. The van der Waals surface area contributed by atoms with Crippen molar-refractivity contribution in [2.75, 3.05) is 11.1 Å². The van der Waals surface area contributed by atoms with Crippen molar-refractivity contribution < 1.29 is 18.3 Å².